The second-order valence-electron chi connectivity index (χ2n) is 16.2. The molecule has 2 unspecified atom stereocenters. The first-order valence-corrected chi connectivity index (χ1v) is 26.0. The van der Waals surface area contributed by atoms with Crippen LogP contribution in [-0.2, 0) is 0 Å². The second-order valence-corrected chi connectivity index (χ2v) is 16.2. The van der Waals surface area contributed by atoms with Gasteiger partial charge in [0.05, 0.1) is 5.69 Å². The fraction of sp³-hybridized carbons (Fsp3) is 0.228. The molecular formula is C79H109KN4. The molecule has 10 aromatic rings. The Kier molecular flexibility index (Phi) is 66.9. The fourth-order valence-electron chi connectivity index (χ4n) is 7.43. The van der Waals surface area contributed by atoms with Crippen molar-refractivity contribution in [2.75, 3.05) is 0 Å². The summed E-state index contributed by atoms with van der Waals surface area (Å²) in [7, 11) is 0. The predicted octanol–water partition coefficient (Wildman–Crippen LogP) is 21.2. The third kappa shape index (κ3) is 40.2. The van der Waals surface area contributed by atoms with Crippen LogP contribution in [0.15, 0.2) is 305 Å². The van der Waals surface area contributed by atoms with Crippen molar-refractivity contribution in [3.05, 3.63) is 356 Å². The summed E-state index contributed by atoms with van der Waals surface area (Å²) in [5.41, 5.74) is 9.94. The van der Waals surface area contributed by atoms with E-state index in [0.29, 0.717) is 17.8 Å². The Bertz CT molecular complexity index is 2590. The van der Waals surface area contributed by atoms with Gasteiger partial charge in [-0.2, -0.15) is 0 Å². The molecular weight excluding hydrogens is 1040 g/mol. The van der Waals surface area contributed by atoms with Crippen LogP contribution in [0.5, 0.6) is 0 Å². The SMILES string of the molecule is C.C.C.C.C.C.C.C.C=Cc1ccccc1.C=Cc1ccccn1.CC.CC.CC(CC(CC(c1ccccc1)c1ccccc1)c1ccccc1)c1ccccn1.[K+].c1ccc([CH-]c2ccccc2)cc1.c1ccncc1.c1ccncc1. The van der Waals surface area contributed by atoms with Gasteiger partial charge in [0.25, 0.3) is 0 Å². The van der Waals surface area contributed by atoms with Gasteiger partial charge >= 0.3 is 51.4 Å². The van der Waals surface area contributed by atoms with Crippen LogP contribution in [-0.4, -0.2) is 19.9 Å². The maximum Gasteiger partial charge on any atom is 1.00 e. The second kappa shape index (κ2) is 62.0. The Morgan fingerprint density at radius 2 is 0.679 bits per heavy atom. The summed E-state index contributed by atoms with van der Waals surface area (Å²) in [6.45, 7) is 17.5. The largest absolute Gasteiger partial charge is 1.00 e. The molecule has 84 heavy (non-hydrogen) atoms. The molecule has 0 saturated carbocycles. The molecule has 6 aromatic carbocycles. The minimum Gasteiger partial charge on any atom is -0.265 e. The van der Waals surface area contributed by atoms with E-state index in [-0.39, 0.29) is 111 Å². The number of nitrogens with zero attached hydrogens (tertiary/aromatic N) is 4. The Hall–Kier alpha value is -7.09. The van der Waals surface area contributed by atoms with Gasteiger partial charge in [-0.05, 0) is 102 Å². The van der Waals surface area contributed by atoms with Crippen molar-refractivity contribution in [3.8, 4) is 0 Å². The molecule has 0 aliphatic carbocycles. The molecule has 10 rings (SSSR count). The van der Waals surface area contributed by atoms with Crippen LogP contribution in [0.2, 0.25) is 0 Å². The van der Waals surface area contributed by atoms with Gasteiger partial charge in [-0.1, -0.05) is 295 Å². The maximum atomic E-state index is 4.62. The molecule has 2 atom stereocenters. The van der Waals surface area contributed by atoms with Crippen LogP contribution in [0, 0.1) is 6.42 Å². The zero-order valence-electron chi connectivity index (χ0n) is 45.8. The number of hydrogen-bond acceptors (Lipinski definition) is 4. The summed E-state index contributed by atoms with van der Waals surface area (Å²) in [4.78, 5) is 16.2. The standard InChI is InChI=1S/C29H29N.C13H11.C8H8.C7H7N.2C5H5N.2C2H6.8CH4.K/c1-23(29-19-11-12-20-30-29)21-27(24-13-5-2-6-14-24)22-28(25-15-7-3-8-16-25)26-17-9-4-10-18-26;1-3-7-12(8-4-1)11-13-9-5-2-6-10-13;1-2-8-6-4-3-5-7-8;1-2-7-5-3-4-6-8-7;2*1-2-4-6-5-3-1;2*1-2;;;;;;;;;/h2-20,23,27-28H,21-22H2,1H3;1-11H;2-7H,1H2;2-6H,1H2;2*1-5H;2*1-2H3;8*1H4;/q;-1;;;;;;;;;;;;;;;+1. The first kappa shape index (κ1) is 90.7. The zero-order chi connectivity index (χ0) is 53.7. The van der Waals surface area contributed by atoms with E-state index < -0.39 is 0 Å². The average molecular weight is 1150 g/mol. The van der Waals surface area contributed by atoms with Crippen LogP contribution in [0.25, 0.3) is 12.2 Å². The maximum absolute atomic E-state index is 4.62. The number of hydrogen-bond donors (Lipinski definition) is 0. The monoisotopic (exact) mass is 1150 g/mol. The van der Waals surface area contributed by atoms with E-state index in [1.165, 1.54) is 39.1 Å². The normalized spacial score (nSPS) is 9.07. The molecule has 0 amide bonds. The van der Waals surface area contributed by atoms with Gasteiger partial charge < -0.3 is 0 Å². The van der Waals surface area contributed by atoms with E-state index in [0.717, 1.165) is 18.5 Å². The Morgan fingerprint density at radius 3 is 0.964 bits per heavy atom. The molecule has 4 nitrogen and oxygen atoms in total. The minimum atomic E-state index is 0. The van der Waals surface area contributed by atoms with Gasteiger partial charge in [0.15, 0.2) is 0 Å². The molecule has 446 valence electrons. The van der Waals surface area contributed by atoms with Gasteiger partial charge in [0, 0.05) is 48.8 Å². The summed E-state index contributed by atoms with van der Waals surface area (Å²) < 4.78 is 0. The summed E-state index contributed by atoms with van der Waals surface area (Å²) in [6, 6.07) is 87.0. The van der Waals surface area contributed by atoms with Crippen molar-refractivity contribution < 1.29 is 51.4 Å². The molecule has 4 aromatic heterocycles. The van der Waals surface area contributed by atoms with E-state index in [4.69, 9.17) is 0 Å². The predicted molar refractivity (Wildman–Crippen MR) is 377 cm³/mol. The van der Waals surface area contributed by atoms with Crippen LogP contribution in [0.3, 0.4) is 0 Å². The smallest absolute Gasteiger partial charge is 0.265 e. The molecule has 4 heterocycles. The van der Waals surface area contributed by atoms with Crippen molar-refractivity contribution in [2.24, 2.45) is 0 Å². The van der Waals surface area contributed by atoms with Crippen molar-refractivity contribution in [1.29, 1.82) is 0 Å². The number of aromatic nitrogens is 4. The van der Waals surface area contributed by atoms with E-state index >= 15 is 0 Å². The fourth-order valence-corrected chi connectivity index (χ4v) is 7.43. The summed E-state index contributed by atoms with van der Waals surface area (Å²) in [5.74, 6) is 1.23. The zero-order valence-corrected chi connectivity index (χ0v) is 48.9. The van der Waals surface area contributed by atoms with Crippen LogP contribution in [0.4, 0.5) is 0 Å². The quantitative estimate of drug-likeness (QED) is 0.0904. The van der Waals surface area contributed by atoms with Gasteiger partial charge in [0.1, 0.15) is 0 Å². The number of pyridine rings is 4. The molecule has 0 spiro atoms. The molecule has 0 saturated heterocycles. The first-order chi connectivity index (χ1) is 37.1. The van der Waals surface area contributed by atoms with Crippen molar-refractivity contribution in [1.82, 2.24) is 19.9 Å². The van der Waals surface area contributed by atoms with E-state index in [1.807, 2.05) is 143 Å². The summed E-state index contributed by atoms with van der Waals surface area (Å²) in [6.07, 6.45) is 18.5. The van der Waals surface area contributed by atoms with Crippen molar-refractivity contribution in [3.63, 3.8) is 0 Å². The van der Waals surface area contributed by atoms with Gasteiger partial charge in [-0.3, -0.25) is 19.9 Å². The minimum absolute atomic E-state index is 0. The molecule has 0 aliphatic heterocycles. The molecule has 0 fully saturated rings. The van der Waals surface area contributed by atoms with E-state index in [2.05, 4.69) is 198 Å². The van der Waals surface area contributed by atoms with Crippen LogP contribution in [0.1, 0.15) is 169 Å². The summed E-state index contributed by atoms with van der Waals surface area (Å²) >= 11 is 0. The summed E-state index contributed by atoms with van der Waals surface area (Å²) in [5, 5.41) is 0. The molecule has 0 N–H and O–H groups in total. The number of rotatable bonds is 12. The van der Waals surface area contributed by atoms with Gasteiger partial charge in [0.2, 0.25) is 0 Å². The Balaban J connectivity index is -0.000000184. The number of benzene rings is 6. The van der Waals surface area contributed by atoms with Crippen molar-refractivity contribution >= 4 is 12.2 Å². The van der Waals surface area contributed by atoms with E-state index in [1.54, 1.807) is 37.1 Å². The molecule has 0 bridgehead atoms. The molecule has 0 radical (unpaired) electrons. The molecule has 0 aliphatic rings. The Morgan fingerprint density at radius 1 is 0.357 bits per heavy atom. The Labute approximate surface area is 559 Å². The average Bonchev–Trinajstić information content (AvgIpc) is 3.56. The van der Waals surface area contributed by atoms with Crippen LogP contribution >= 0.6 is 0 Å². The molecule has 5 heteroatoms. The topological polar surface area (TPSA) is 51.6 Å². The third-order valence-corrected chi connectivity index (χ3v) is 11.0. The van der Waals surface area contributed by atoms with Crippen LogP contribution < -0.4 is 51.4 Å². The van der Waals surface area contributed by atoms with Gasteiger partial charge in [-0.25, -0.2) is 0 Å². The van der Waals surface area contributed by atoms with Crippen molar-refractivity contribution in [2.45, 2.75) is 125 Å². The first-order valence-electron chi connectivity index (χ1n) is 26.0. The third-order valence-electron chi connectivity index (χ3n) is 11.0. The van der Waals surface area contributed by atoms with Gasteiger partial charge in [-0.15, -0.1) is 41.8 Å². The van der Waals surface area contributed by atoms with E-state index in [9.17, 15) is 0 Å².